The van der Waals surface area contributed by atoms with Gasteiger partial charge in [-0.2, -0.15) is 0 Å². The van der Waals surface area contributed by atoms with Crippen molar-refractivity contribution in [2.75, 3.05) is 20.1 Å². The van der Waals surface area contributed by atoms with E-state index in [1.165, 1.54) is 0 Å². The third-order valence-corrected chi connectivity index (χ3v) is 9.41. The Bertz CT molecular complexity index is 1850. The van der Waals surface area contributed by atoms with Crippen LogP contribution in [-0.2, 0) is 36.8 Å². The highest BCUT2D eigenvalue weighted by Gasteiger charge is 2.32. The van der Waals surface area contributed by atoms with Crippen molar-refractivity contribution in [1.82, 2.24) is 36.6 Å². The lowest BCUT2D eigenvalue weighted by Gasteiger charge is -2.27. The Balaban J connectivity index is 1.58. The predicted molar refractivity (Wildman–Crippen MR) is 205 cm³/mol. The van der Waals surface area contributed by atoms with E-state index in [4.69, 9.17) is 17.2 Å². The van der Waals surface area contributed by atoms with Gasteiger partial charge in [0.15, 0.2) is 0 Å². The molecular formula is C38H54N10O5. The summed E-state index contributed by atoms with van der Waals surface area (Å²) in [6.07, 6.45) is 4.99. The number of hydrogen-bond donors (Lipinski definition) is 10. The molecule has 4 rings (SSSR count). The van der Waals surface area contributed by atoms with Crippen molar-refractivity contribution in [3.05, 3.63) is 72.1 Å². The zero-order chi connectivity index (χ0) is 38.5. The minimum atomic E-state index is -1.17. The molecule has 0 saturated carbocycles. The van der Waals surface area contributed by atoms with E-state index in [-0.39, 0.29) is 44.1 Å². The highest BCUT2D eigenvalue weighted by Crippen LogP contribution is 2.21. The number of carbonyl (C=O) groups excluding carboxylic acids is 5. The zero-order valence-electron chi connectivity index (χ0n) is 30.7. The largest absolute Gasteiger partial charge is 0.368 e. The van der Waals surface area contributed by atoms with Crippen molar-refractivity contribution in [2.45, 2.75) is 82.6 Å². The van der Waals surface area contributed by atoms with Crippen LogP contribution in [0.2, 0.25) is 0 Å². The smallest absolute Gasteiger partial charge is 0.243 e. The number of H-pyrrole nitrogens is 2. The second-order valence-electron chi connectivity index (χ2n) is 13.6. The van der Waals surface area contributed by atoms with Crippen molar-refractivity contribution in [3.8, 4) is 0 Å². The zero-order valence-corrected chi connectivity index (χ0v) is 30.7. The van der Waals surface area contributed by atoms with Gasteiger partial charge in [0.25, 0.3) is 0 Å². The van der Waals surface area contributed by atoms with E-state index in [0.717, 1.165) is 32.9 Å². The van der Waals surface area contributed by atoms with Crippen LogP contribution in [0.1, 0.15) is 50.7 Å². The molecule has 2 heterocycles. The second kappa shape index (κ2) is 19.5. The molecule has 4 aromatic rings. The maximum absolute atomic E-state index is 14.1. The van der Waals surface area contributed by atoms with Gasteiger partial charge in [-0.1, -0.05) is 50.2 Å². The average Bonchev–Trinajstić information content (AvgIpc) is 3.74. The fourth-order valence-corrected chi connectivity index (χ4v) is 6.50. The molecular weight excluding hydrogens is 676 g/mol. The number of benzene rings is 2. The molecule has 0 fully saturated rings. The van der Waals surface area contributed by atoms with Crippen LogP contribution in [0, 0.1) is 5.92 Å². The molecule has 0 aliphatic heterocycles. The molecule has 0 aliphatic rings. The number of primary amides is 1. The first-order chi connectivity index (χ1) is 25.5. The fraction of sp³-hybridized carbons (Fsp3) is 0.447. The molecule has 0 spiro atoms. The summed E-state index contributed by atoms with van der Waals surface area (Å²) in [6.45, 7) is 4.32. The van der Waals surface area contributed by atoms with Gasteiger partial charge in [-0.05, 0) is 75.0 Å². The molecule has 53 heavy (non-hydrogen) atoms. The first kappa shape index (κ1) is 40.5. The normalized spacial score (nSPS) is 14.3. The summed E-state index contributed by atoms with van der Waals surface area (Å²) in [5, 5.41) is 15.9. The lowest BCUT2D eigenvalue weighted by atomic mass is 10.0. The Labute approximate surface area is 309 Å². The summed E-state index contributed by atoms with van der Waals surface area (Å²) in [5.41, 5.74) is 20.6. The van der Waals surface area contributed by atoms with E-state index in [1.54, 1.807) is 19.4 Å². The van der Waals surface area contributed by atoms with Crippen molar-refractivity contribution in [2.24, 2.45) is 23.1 Å². The number of para-hydroxylation sites is 2. The van der Waals surface area contributed by atoms with E-state index in [0.29, 0.717) is 19.4 Å². The van der Waals surface area contributed by atoms with Crippen LogP contribution < -0.4 is 43.8 Å². The molecule has 0 bridgehead atoms. The van der Waals surface area contributed by atoms with Crippen LogP contribution in [-0.4, -0.2) is 89.9 Å². The lowest BCUT2D eigenvalue weighted by molar-refractivity contribution is -0.134. The van der Waals surface area contributed by atoms with Gasteiger partial charge in [-0.3, -0.25) is 24.0 Å². The van der Waals surface area contributed by atoms with E-state index in [2.05, 4.69) is 36.6 Å². The van der Waals surface area contributed by atoms with Crippen LogP contribution in [0.5, 0.6) is 0 Å². The number of hydrogen-bond acceptors (Lipinski definition) is 8. The Hall–Kier alpha value is -5.25. The molecule has 0 aliphatic carbocycles. The lowest BCUT2D eigenvalue weighted by Crippen LogP contribution is -2.59. The van der Waals surface area contributed by atoms with Crippen molar-refractivity contribution < 1.29 is 24.0 Å². The second-order valence-corrected chi connectivity index (χ2v) is 13.6. The van der Waals surface area contributed by atoms with Gasteiger partial charge in [0.1, 0.15) is 24.2 Å². The van der Waals surface area contributed by atoms with Gasteiger partial charge in [0, 0.05) is 47.0 Å². The first-order valence-electron chi connectivity index (χ1n) is 18.2. The molecule has 286 valence electrons. The van der Waals surface area contributed by atoms with Gasteiger partial charge in [-0.25, -0.2) is 0 Å². The summed E-state index contributed by atoms with van der Waals surface area (Å²) in [7, 11) is 1.67. The number of fused-ring (bicyclic) bond motifs is 2. The number of likely N-dealkylation sites (N-methyl/N-ethyl adjacent to an activating group) is 1. The summed E-state index contributed by atoms with van der Waals surface area (Å²) < 4.78 is 0. The molecule has 13 N–H and O–H groups in total. The predicted octanol–water partition coefficient (Wildman–Crippen LogP) is 0.581. The Morgan fingerprint density at radius 1 is 0.623 bits per heavy atom. The highest BCUT2D eigenvalue weighted by atomic mass is 16.2. The van der Waals surface area contributed by atoms with Gasteiger partial charge < -0.3 is 53.8 Å². The fourth-order valence-electron chi connectivity index (χ4n) is 6.50. The van der Waals surface area contributed by atoms with E-state index in [9.17, 15) is 24.0 Å². The van der Waals surface area contributed by atoms with Crippen LogP contribution in [0.4, 0.5) is 0 Å². The summed E-state index contributed by atoms with van der Waals surface area (Å²) in [6, 6.07) is 10.3. The van der Waals surface area contributed by atoms with Crippen LogP contribution in [0.3, 0.4) is 0 Å². The SMILES string of the molecule is CN[C@H](C(=O)N[C@@H](CCCN)C(=O)N[C@@H](CCCN)C(=O)N[C@@H](Cc1c[nH]c2ccccc12)C(=O)N[C@@H](Cc1c[nH]c2ccccc12)C(N)=O)C(C)C. The summed E-state index contributed by atoms with van der Waals surface area (Å²) in [4.78, 5) is 74.0. The summed E-state index contributed by atoms with van der Waals surface area (Å²) >= 11 is 0. The van der Waals surface area contributed by atoms with Crippen molar-refractivity contribution in [3.63, 3.8) is 0 Å². The molecule has 2 aromatic heterocycles. The molecule has 15 heteroatoms. The maximum atomic E-state index is 14.1. The third kappa shape index (κ3) is 10.9. The van der Waals surface area contributed by atoms with Crippen LogP contribution in [0.15, 0.2) is 60.9 Å². The number of aromatic amines is 2. The van der Waals surface area contributed by atoms with E-state index in [1.807, 2.05) is 62.4 Å². The van der Waals surface area contributed by atoms with E-state index < -0.39 is 53.8 Å². The van der Waals surface area contributed by atoms with Crippen molar-refractivity contribution >= 4 is 51.3 Å². The maximum Gasteiger partial charge on any atom is 0.243 e. The Morgan fingerprint density at radius 2 is 1.04 bits per heavy atom. The molecule has 0 saturated heterocycles. The number of carbonyl (C=O) groups is 5. The minimum Gasteiger partial charge on any atom is -0.368 e. The average molecular weight is 731 g/mol. The number of aromatic nitrogens is 2. The van der Waals surface area contributed by atoms with E-state index >= 15 is 0 Å². The van der Waals surface area contributed by atoms with Gasteiger partial charge >= 0.3 is 0 Å². The standard InChI is InChI=1S/C38H54N10O5/c1-22(2)33(42-3)38(53)46-30(15-9-17-40)35(50)45-29(14-8-16-39)36(51)48-32(19-24-21-44-28-13-7-5-11-26(24)28)37(52)47-31(34(41)49)18-23-20-43-27-12-6-4-10-25(23)27/h4-7,10-13,20-22,29-33,42-44H,8-9,14-19,39-40H2,1-3H3,(H2,41,49)(H,45,50)(H,46,53)(H,47,52)(H,48,51)/t29-,30-,31-,32-,33-/m0/s1. The summed E-state index contributed by atoms with van der Waals surface area (Å²) in [5.74, 6) is -2.95. The molecule has 5 atom stereocenters. The number of amides is 5. The number of nitrogens with two attached hydrogens (primary N) is 3. The monoisotopic (exact) mass is 730 g/mol. The van der Waals surface area contributed by atoms with Crippen LogP contribution in [0.25, 0.3) is 21.8 Å². The molecule has 0 radical (unpaired) electrons. The van der Waals surface area contributed by atoms with Gasteiger partial charge in [-0.15, -0.1) is 0 Å². The van der Waals surface area contributed by atoms with Crippen molar-refractivity contribution in [1.29, 1.82) is 0 Å². The highest BCUT2D eigenvalue weighted by molar-refractivity contribution is 5.96. The van der Waals surface area contributed by atoms with Gasteiger partial charge in [0.2, 0.25) is 29.5 Å². The Morgan fingerprint density at radius 3 is 1.49 bits per heavy atom. The molecule has 15 nitrogen and oxygen atoms in total. The Kier molecular flexibility index (Phi) is 14.9. The minimum absolute atomic E-state index is 0.0435. The number of nitrogens with one attached hydrogen (secondary N) is 7. The molecule has 5 amide bonds. The van der Waals surface area contributed by atoms with Crippen LogP contribution >= 0.6 is 0 Å². The van der Waals surface area contributed by atoms with Gasteiger partial charge in [0.05, 0.1) is 6.04 Å². The quantitative estimate of drug-likeness (QED) is 0.0579. The first-order valence-corrected chi connectivity index (χ1v) is 18.2. The number of rotatable bonds is 21. The third-order valence-electron chi connectivity index (χ3n) is 9.41. The molecule has 0 unspecified atom stereocenters. The molecule has 2 aromatic carbocycles. The topological polar surface area (TPSA) is 255 Å².